The standard InChI is InChI=1S/C11H22N2O2/c1-7(2)10(12)11(14)13-5-9(4)15-6-8(13)3/h7-10H,5-6,12H2,1-4H3. The Hall–Kier alpha value is -0.610. The number of morpholine rings is 1. The highest BCUT2D eigenvalue weighted by Crippen LogP contribution is 2.14. The largest absolute Gasteiger partial charge is 0.375 e. The lowest BCUT2D eigenvalue weighted by Gasteiger charge is -2.38. The Labute approximate surface area is 91.8 Å². The predicted molar refractivity (Wildman–Crippen MR) is 59.4 cm³/mol. The fourth-order valence-corrected chi connectivity index (χ4v) is 1.69. The molecule has 0 spiro atoms. The highest BCUT2D eigenvalue weighted by atomic mass is 16.5. The Kier molecular flexibility index (Phi) is 4.11. The topological polar surface area (TPSA) is 55.6 Å². The summed E-state index contributed by atoms with van der Waals surface area (Å²) in [5, 5.41) is 0. The average molecular weight is 214 g/mol. The molecule has 0 radical (unpaired) electrons. The van der Waals surface area contributed by atoms with Gasteiger partial charge in [-0.05, 0) is 19.8 Å². The predicted octanol–water partition coefficient (Wildman–Crippen LogP) is 0.605. The second kappa shape index (κ2) is 4.94. The summed E-state index contributed by atoms with van der Waals surface area (Å²) in [4.78, 5) is 13.9. The van der Waals surface area contributed by atoms with E-state index in [1.165, 1.54) is 0 Å². The van der Waals surface area contributed by atoms with Crippen LogP contribution in [0, 0.1) is 5.92 Å². The van der Waals surface area contributed by atoms with Crippen LogP contribution in [0.3, 0.4) is 0 Å². The molecule has 1 aliphatic rings. The summed E-state index contributed by atoms with van der Waals surface area (Å²) >= 11 is 0. The van der Waals surface area contributed by atoms with E-state index in [0.29, 0.717) is 13.2 Å². The highest BCUT2D eigenvalue weighted by Gasteiger charge is 2.31. The van der Waals surface area contributed by atoms with Crippen molar-refractivity contribution in [2.24, 2.45) is 11.7 Å². The van der Waals surface area contributed by atoms with Gasteiger partial charge in [-0.2, -0.15) is 0 Å². The molecular formula is C11H22N2O2. The Morgan fingerprint density at radius 1 is 1.47 bits per heavy atom. The number of carbonyl (C=O) groups is 1. The van der Waals surface area contributed by atoms with Crippen molar-refractivity contribution in [1.82, 2.24) is 4.90 Å². The summed E-state index contributed by atoms with van der Waals surface area (Å²) in [5.74, 6) is 0.232. The van der Waals surface area contributed by atoms with Gasteiger partial charge in [0, 0.05) is 6.54 Å². The molecule has 0 aromatic heterocycles. The summed E-state index contributed by atoms with van der Waals surface area (Å²) in [6, 6.07) is -0.253. The normalized spacial score (nSPS) is 29.3. The molecular weight excluding hydrogens is 192 g/mol. The minimum absolute atomic E-state index is 0.0488. The van der Waals surface area contributed by atoms with Gasteiger partial charge in [0.2, 0.25) is 5.91 Å². The number of ether oxygens (including phenoxy) is 1. The smallest absolute Gasteiger partial charge is 0.240 e. The maximum atomic E-state index is 12.0. The van der Waals surface area contributed by atoms with E-state index in [4.69, 9.17) is 10.5 Å². The van der Waals surface area contributed by atoms with Crippen molar-refractivity contribution in [3.8, 4) is 0 Å². The van der Waals surface area contributed by atoms with Crippen molar-refractivity contribution in [3.63, 3.8) is 0 Å². The van der Waals surface area contributed by atoms with E-state index in [0.717, 1.165) is 0 Å². The maximum absolute atomic E-state index is 12.0. The first-order valence-corrected chi connectivity index (χ1v) is 5.61. The number of rotatable bonds is 2. The van der Waals surface area contributed by atoms with Crippen molar-refractivity contribution in [3.05, 3.63) is 0 Å². The Bertz CT molecular complexity index is 231. The van der Waals surface area contributed by atoms with Gasteiger partial charge >= 0.3 is 0 Å². The molecule has 0 saturated carbocycles. The van der Waals surface area contributed by atoms with E-state index in [1.807, 2.05) is 32.6 Å². The molecule has 1 heterocycles. The summed E-state index contributed by atoms with van der Waals surface area (Å²) in [5.41, 5.74) is 5.87. The van der Waals surface area contributed by atoms with Crippen LogP contribution in [0.25, 0.3) is 0 Å². The lowest BCUT2D eigenvalue weighted by Crippen LogP contribution is -2.56. The third kappa shape index (κ3) is 2.92. The molecule has 1 fully saturated rings. The molecule has 1 rings (SSSR count). The highest BCUT2D eigenvalue weighted by molar-refractivity contribution is 5.82. The lowest BCUT2D eigenvalue weighted by atomic mass is 10.0. The molecule has 0 aromatic rings. The van der Waals surface area contributed by atoms with Gasteiger partial charge in [-0.3, -0.25) is 4.79 Å². The second-order valence-electron chi connectivity index (χ2n) is 4.75. The van der Waals surface area contributed by atoms with Crippen molar-refractivity contribution in [2.75, 3.05) is 13.2 Å². The van der Waals surface area contributed by atoms with Crippen molar-refractivity contribution >= 4 is 5.91 Å². The van der Waals surface area contributed by atoms with Gasteiger partial charge in [0.05, 0.1) is 24.8 Å². The van der Waals surface area contributed by atoms with E-state index in [-0.39, 0.29) is 24.0 Å². The molecule has 1 amide bonds. The molecule has 0 bridgehead atoms. The fraction of sp³-hybridized carbons (Fsp3) is 0.909. The molecule has 4 nitrogen and oxygen atoms in total. The molecule has 0 aliphatic carbocycles. The molecule has 1 saturated heterocycles. The van der Waals surface area contributed by atoms with E-state index in [9.17, 15) is 4.79 Å². The van der Waals surface area contributed by atoms with Gasteiger partial charge in [0.15, 0.2) is 0 Å². The first kappa shape index (κ1) is 12.5. The van der Waals surface area contributed by atoms with Crippen LogP contribution in [0.15, 0.2) is 0 Å². The van der Waals surface area contributed by atoms with Gasteiger partial charge < -0.3 is 15.4 Å². The van der Waals surface area contributed by atoms with Crippen LogP contribution in [-0.2, 0) is 9.53 Å². The monoisotopic (exact) mass is 214 g/mol. The number of carbonyl (C=O) groups excluding carboxylic acids is 1. The Morgan fingerprint density at radius 3 is 2.60 bits per heavy atom. The number of hydrogen-bond donors (Lipinski definition) is 1. The minimum atomic E-state index is -0.391. The van der Waals surface area contributed by atoms with E-state index >= 15 is 0 Å². The van der Waals surface area contributed by atoms with Gasteiger partial charge in [0.25, 0.3) is 0 Å². The van der Waals surface area contributed by atoms with Crippen LogP contribution in [0.5, 0.6) is 0 Å². The second-order valence-corrected chi connectivity index (χ2v) is 4.75. The number of nitrogens with zero attached hydrogens (tertiary/aromatic N) is 1. The summed E-state index contributed by atoms with van der Waals surface area (Å²) in [6.45, 7) is 9.18. The van der Waals surface area contributed by atoms with Crippen LogP contribution >= 0.6 is 0 Å². The molecule has 4 heteroatoms. The van der Waals surface area contributed by atoms with E-state index in [1.54, 1.807) is 0 Å². The molecule has 3 atom stereocenters. The van der Waals surface area contributed by atoms with Crippen molar-refractivity contribution in [2.45, 2.75) is 45.9 Å². The molecule has 0 aromatic carbocycles. The number of amides is 1. The molecule has 15 heavy (non-hydrogen) atoms. The third-order valence-corrected chi connectivity index (χ3v) is 2.89. The van der Waals surface area contributed by atoms with Gasteiger partial charge in [-0.15, -0.1) is 0 Å². The first-order valence-electron chi connectivity index (χ1n) is 5.61. The van der Waals surface area contributed by atoms with E-state index < -0.39 is 6.04 Å². The molecule has 88 valence electrons. The maximum Gasteiger partial charge on any atom is 0.240 e. The average Bonchev–Trinajstić information content (AvgIpc) is 2.19. The molecule has 2 N–H and O–H groups in total. The van der Waals surface area contributed by atoms with Gasteiger partial charge in [-0.1, -0.05) is 13.8 Å². The number of hydrogen-bond acceptors (Lipinski definition) is 3. The summed E-state index contributed by atoms with van der Waals surface area (Å²) < 4.78 is 5.48. The summed E-state index contributed by atoms with van der Waals surface area (Å²) in [6.07, 6.45) is 0.115. The first-order chi connectivity index (χ1) is 6.93. The minimum Gasteiger partial charge on any atom is -0.375 e. The van der Waals surface area contributed by atoms with Crippen LogP contribution in [0.4, 0.5) is 0 Å². The van der Waals surface area contributed by atoms with Crippen LogP contribution in [-0.4, -0.2) is 42.1 Å². The summed E-state index contributed by atoms with van der Waals surface area (Å²) in [7, 11) is 0. The van der Waals surface area contributed by atoms with Crippen molar-refractivity contribution < 1.29 is 9.53 Å². The SMILES string of the molecule is CC1CN(C(=O)C(N)C(C)C)C(C)CO1. The van der Waals surface area contributed by atoms with Crippen LogP contribution in [0.2, 0.25) is 0 Å². The zero-order chi connectivity index (χ0) is 11.6. The number of nitrogens with two attached hydrogens (primary N) is 1. The fourth-order valence-electron chi connectivity index (χ4n) is 1.69. The van der Waals surface area contributed by atoms with Crippen LogP contribution < -0.4 is 5.73 Å². The van der Waals surface area contributed by atoms with Gasteiger partial charge in [-0.25, -0.2) is 0 Å². The van der Waals surface area contributed by atoms with E-state index in [2.05, 4.69) is 0 Å². The quantitative estimate of drug-likeness (QED) is 0.732. The van der Waals surface area contributed by atoms with Crippen molar-refractivity contribution in [1.29, 1.82) is 0 Å². The Balaban J connectivity index is 2.64. The molecule has 3 unspecified atom stereocenters. The third-order valence-electron chi connectivity index (χ3n) is 2.89. The Morgan fingerprint density at radius 2 is 2.07 bits per heavy atom. The van der Waals surface area contributed by atoms with Gasteiger partial charge in [0.1, 0.15) is 0 Å². The zero-order valence-electron chi connectivity index (χ0n) is 10.1. The zero-order valence-corrected chi connectivity index (χ0v) is 10.1. The molecule has 1 aliphatic heterocycles. The lowest BCUT2D eigenvalue weighted by molar-refractivity contribution is -0.145. The van der Waals surface area contributed by atoms with Crippen LogP contribution in [0.1, 0.15) is 27.7 Å².